The van der Waals surface area contributed by atoms with Gasteiger partial charge >= 0.3 is 6.41 Å². The van der Waals surface area contributed by atoms with Crippen molar-refractivity contribution in [1.29, 1.82) is 0 Å². The van der Waals surface area contributed by atoms with E-state index in [1.54, 1.807) is 18.5 Å². The molecule has 1 rings (SSSR count). The lowest BCUT2D eigenvalue weighted by molar-refractivity contribution is 0.554. The molecule has 57 valence electrons. The van der Waals surface area contributed by atoms with Crippen LogP contribution in [0.5, 0.6) is 0 Å². The van der Waals surface area contributed by atoms with E-state index in [-0.39, 0.29) is 5.82 Å². The van der Waals surface area contributed by atoms with Crippen molar-refractivity contribution in [2.24, 2.45) is 0 Å². The maximum atomic E-state index is 12.5. The molecule has 0 saturated carbocycles. The van der Waals surface area contributed by atoms with Crippen molar-refractivity contribution in [1.82, 2.24) is 0 Å². The van der Waals surface area contributed by atoms with Crippen LogP contribution in [0.25, 0.3) is 0 Å². The Labute approximate surface area is 64.2 Å². The molecule has 0 unspecified atom stereocenters. The Morgan fingerprint density at radius 2 is 2.27 bits per heavy atom. The Kier molecular flexibility index (Phi) is 2.21. The van der Waals surface area contributed by atoms with E-state index in [0.29, 0.717) is 5.69 Å². The van der Waals surface area contributed by atoms with Crippen LogP contribution in [0.1, 0.15) is 0 Å². The summed E-state index contributed by atoms with van der Waals surface area (Å²) in [6.45, 7) is 0. The number of hydrogen-bond acceptors (Lipinski definition) is 1. The van der Waals surface area contributed by atoms with Gasteiger partial charge in [0.2, 0.25) is 0 Å². The monoisotopic (exact) mass is 152 g/mol. The number of rotatable bonds is 2. The molecule has 1 radical (unpaired) electrons. The van der Waals surface area contributed by atoms with Crippen LogP contribution < -0.4 is 4.90 Å². The van der Waals surface area contributed by atoms with Gasteiger partial charge in [0.15, 0.2) is 0 Å². The van der Waals surface area contributed by atoms with E-state index in [1.807, 2.05) is 0 Å². The molecule has 11 heavy (non-hydrogen) atoms. The Hall–Kier alpha value is -1.38. The van der Waals surface area contributed by atoms with Gasteiger partial charge in [-0.15, -0.1) is 0 Å². The summed E-state index contributed by atoms with van der Waals surface area (Å²) >= 11 is 0. The van der Waals surface area contributed by atoms with Crippen molar-refractivity contribution < 1.29 is 9.18 Å². The molecule has 0 spiro atoms. The molecule has 0 aliphatic carbocycles. The van der Waals surface area contributed by atoms with Crippen molar-refractivity contribution in [2.75, 3.05) is 11.9 Å². The zero-order chi connectivity index (χ0) is 8.27. The molecule has 1 aromatic rings. The number of benzene rings is 1. The highest BCUT2D eigenvalue weighted by Gasteiger charge is 1.99. The van der Waals surface area contributed by atoms with Crippen LogP contribution in [-0.4, -0.2) is 13.5 Å². The summed E-state index contributed by atoms with van der Waals surface area (Å²) in [6, 6.07) is 5.76. The van der Waals surface area contributed by atoms with Crippen LogP contribution in [0, 0.1) is 5.82 Å². The first-order chi connectivity index (χ1) is 5.24. The van der Waals surface area contributed by atoms with Crippen molar-refractivity contribution in [2.45, 2.75) is 0 Å². The maximum absolute atomic E-state index is 12.5. The van der Waals surface area contributed by atoms with Crippen LogP contribution >= 0.6 is 0 Å². The second kappa shape index (κ2) is 3.14. The Morgan fingerprint density at radius 3 is 2.82 bits per heavy atom. The number of nitrogens with zero attached hydrogens (tertiary/aromatic N) is 1. The fourth-order valence-corrected chi connectivity index (χ4v) is 0.737. The third-order valence-electron chi connectivity index (χ3n) is 1.33. The molecule has 0 saturated heterocycles. The van der Waals surface area contributed by atoms with Crippen LogP contribution in [-0.2, 0) is 4.79 Å². The second-order valence-corrected chi connectivity index (χ2v) is 2.13. The van der Waals surface area contributed by atoms with Crippen LogP contribution in [0.15, 0.2) is 24.3 Å². The summed E-state index contributed by atoms with van der Waals surface area (Å²) in [4.78, 5) is 11.3. The van der Waals surface area contributed by atoms with E-state index in [4.69, 9.17) is 0 Å². The standard InChI is InChI=1S/C8H7FNO/c1-10(6-11)8-4-2-3-7(9)5-8/h2-5H,1H3. The molecule has 0 bridgehead atoms. The smallest absolute Gasteiger partial charge is 0.307 e. The predicted molar refractivity (Wildman–Crippen MR) is 40.5 cm³/mol. The van der Waals surface area contributed by atoms with Gasteiger partial charge < -0.3 is 4.90 Å². The fourth-order valence-electron chi connectivity index (χ4n) is 0.737. The highest BCUT2D eigenvalue weighted by atomic mass is 19.1. The van der Waals surface area contributed by atoms with E-state index in [1.165, 1.54) is 24.1 Å². The van der Waals surface area contributed by atoms with Crippen molar-refractivity contribution in [3.8, 4) is 0 Å². The lowest BCUT2D eigenvalue weighted by atomic mass is 10.3. The molecule has 0 N–H and O–H groups in total. The first-order valence-electron chi connectivity index (χ1n) is 3.11. The molecule has 0 aliphatic rings. The zero-order valence-electron chi connectivity index (χ0n) is 6.04. The van der Waals surface area contributed by atoms with E-state index in [0.717, 1.165) is 0 Å². The third-order valence-corrected chi connectivity index (χ3v) is 1.33. The number of hydrogen-bond donors (Lipinski definition) is 0. The molecular weight excluding hydrogens is 145 g/mol. The molecule has 3 heteroatoms. The van der Waals surface area contributed by atoms with Gasteiger partial charge in [0.25, 0.3) is 0 Å². The summed E-state index contributed by atoms with van der Waals surface area (Å²) in [6.07, 6.45) is 1.63. The number of carbonyl (C=O) groups excluding carboxylic acids is 1. The van der Waals surface area contributed by atoms with Gasteiger partial charge in [0.05, 0.1) is 0 Å². The van der Waals surface area contributed by atoms with Crippen molar-refractivity contribution in [3.05, 3.63) is 30.1 Å². The molecule has 0 fully saturated rings. The summed E-state index contributed by atoms with van der Waals surface area (Å²) in [7, 11) is 1.52. The minimum atomic E-state index is -0.357. The Bertz CT molecular complexity index is 262. The van der Waals surface area contributed by atoms with Gasteiger partial charge in [-0.05, 0) is 18.2 Å². The molecule has 0 aliphatic heterocycles. The molecule has 1 amide bonds. The van der Waals surface area contributed by atoms with Gasteiger partial charge in [-0.2, -0.15) is 0 Å². The molecule has 2 nitrogen and oxygen atoms in total. The lowest BCUT2D eigenvalue weighted by Crippen LogP contribution is -2.13. The predicted octanol–water partition coefficient (Wildman–Crippen LogP) is 1.33. The minimum absolute atomic E-state index is 0.357. The van der Waals surface area contributed by atoms with Gasteiger partial charge in [0.1, 0.15) is 5.82 Å². The third kappa shape index (κ3) is 1.77. The first-order valence-corrected chi connectivity index (χ1v) is 3.11. The first kappa shape index (κ1) is 7.72. The number of halogens is 1. The van der Waals surface area contributed by atoms with E-state index in [2.05, 4.69) is 0 Å². The summed E-state index contributed by atoms with van der Waals surface area (Å²) in [5, 5.41) is 0. The Morgan fingerprint density at radius 1 is 1.55 bits per heavy atom. The van der Waals surface area contributed by atoms with E-state index >= 15 is 0 Å². The SMILES string of the molecule is CN([C]=O)c1cccc(F)c1. The normalized spacial score (nSPS) is 9.27. The number of amides is 1. The second-order valence-electron chi connectivity index (χ2n) is 2.13. The molecule has 0 heterocycles. The van der Waals surface area contributed by atoms with E-state index in [9.17, 15) is 9.18 Å². The quantitative estimate of drug-likeness (QED) is 0.585. The highest BCUT2D eigenvalue weighted by molar-refractivity contribution is 5.74. The molecule has 1 aromatic carbocycles. The maximum Gasteiger partial charge on any atom is 0.316 e. The summed E-state index contributed by atoms with van der Waals surface area (Å²) in [5.41, 5.74) is 0.500. The average Bonchev–Trinajstić information content (AvgIpc) is 2.03. The molecule has 0 atom stereocenters. The van der Waals surface area contributed by atoms with Crippen molar-refractivity contribution >= 4 is 12.1 Å². The van der Waals surface area contributed by atoms with Gasteiger partial charge in [-0.25, -0.2) is 4.39 Å². The fraction of sp³-hybridized carbons (Fsp3) is 0.125. The topological polar surface area (TPSA) is 20.3 Å². The van der Waals surface area contributed by atoms with Crippen LogP contribution in [0.4, 0.5) is 10.1 Å². The molecular formula is C8H7FNO. The lowest BCUT2D eigenvalue weighted by Gasteiger charge is -2.07. The minimum Gasteiger partial charge on any atom is -0.307 e. The average molecular weight is 152 g/mol. The van der Waals surface area contributed by atoms with Gasteiger partial charge in [-0.3, -0.25) is 4.79 Å². The largest absolute Gasteiger partial charge is 0.316 e. The Balaban J connectivity index is 2.95. The summed E-state index contributed by atoms with van der Waals surface area (Å²) < 4.78 is 12.5. The highest BCUT2D eigenvalue weighted by Crippen LogP contribution is 2.11. The van der Waals surface area contributed by atoms with Gasteiger partial charge in [0, 0.05) is 12.7 Å². The molecule has 0 aromatic heterocycles. The van der Waals surface area contributed by atoms with E-state index < -0.39 is 0 Å². The van der Waals surface area contributed by atoms with Crippen molar-refractivity contribution in [3.63, 3.8) is 0 Å². The summed E-state index contributed by atoms with van der Waals surface area (Å²) in [5.74, 6) is -0.357. The van der Waals surface area contributed by atoms with Crippen LogP contribution in [0.2, 0.25) is 0 Å². The van der Waals surface area contributed by atoms with Gasteiger partial charge in [-0.1, -0.05) is 6.07 Å². The van der Waals surface area contributed by atoms with Crippen LogP contribution in [0.3, 0.4) is 0 Å². The number of anilines is 1. The zero-order valence-corrected chi connectivity index (χ0v) is 6.04.